The third kappa shape index (κ3) is 11.8. The fraction of sp³-hybridized carbons (Fsp3) is 0.690. The molecular weight excluding hydrogens is 486 g/mol. The van der Waals surface area contributed by atoms with Crippen molar-refractivity contribution in [2.45, 2.75) is 111 Å². The Bertz CT molecular complexity index is 869. The van der Waals surface area contributed by atoms with Crippen LogP contribution in [0.5, 0.6) is 0 Å². The van der Waals surface area contributed by atoms with Gasteiger partial charge in [0.2, 0.25) is 11.8 Å². The zero-order chi connectivity index (χ0) is 28.0. The van der Waals surface area contributed by atoms with Crippen LogP contribution >= 0.6 is 12.6 Å². The van der Waals surface area contributed by atoms with E-state index in [1.165, 1.54) is 0 Å². The summed E-state index contributed by atoms with van der Waals surface area (Å²) in [7, 11) is 0. The summed E-state index contributed by atoms with van der Waals surface area (Å²) in [4.78, 5) is 41.6. The van der Waals surface area contributed by atoms with Crippen LogP contribution in [0.1, 0.15) is 102 Å². The lowest BCUT2D eigenvalue weighted by atomic mass is 9.98. The van der Waals surface area contributed by atoms with Crippen LogP contribution in [-0.4, -0.2) is 53.3 Å². The van der Waals surface area contributed by atoms with Crippen molar-refractivity contribution in [2.75, 3.05) is 18.8 Å². The van der Waals surface area contributed by atoms with E-state index in [1.807, 2.05) is 32.0 Å². The van der Waals surface area contributed by atoms with Crippen LogP contribution in [0.2, 0.25) is 0 Å². The van der Waals surface area contributed by atoms with Gasteiger partial charge in [0.25, 0.3) is 0 Å². The molecule has 0 fully saturated rings. The molecule has 0 aliphatic carbocycles. The van der Waals surface area contributed by atoms with Gasteiger partial charge >= 0.3 is 6.09 Å². The number of aryl methyl sites for hydroxylation is 2. The van der Waals surface area contributed by atoms with Crippen LogP contribution in [0.25, 0.3) is 0 Å². The van der Waals surface area contributed by atoms with Crippen molar-refractivity contribution in [3.05, 3.63) is 34.9 Å². The standard InChI is InChI=1S/C29H49N3O4S/c1-8-10-12-13-14-18-32(27(34)24(20-37)31-28(35)36-29(5,6)7)25(26(33)30-17-11-9-2)23-16-15-21(3)22(4)19-23/h15-16,19,24-25,37H,8-14,17-18,20H2,1-7H3,(H,30,33)(H,31,35). The van der Waals surface area contributed by atoms with Crippen LogP contribution in [0.4, 0.5) is 4.79 Å². The lowest BCUT2D eigenvalue weighted by Crippen LogP contribution is -2.54. The van der Waals surface area contributed by atoms with Gasteiger partial charge in [-0.2, -0.15) is 12.6 Å². The molecule has 8 heteroatoms. The normalized spacial score (nSPS) is 13.0. The van der Waals surface area contributed by atoms with Crippen molar-refractivity contribution >= 4 is 30.5 Å². The number of rotatable bonds is 15. The molecular formula is C29H49N3O4S. The lowest BCUT2D eigenvalue weighted by Gasteiger charge is -2.34. The van der Waals surface area contributed by atoms with Gasteiger partial charge in [0, 0.05) is 18.8 Å². The summed E-state index contributed by atoms with van der Waals surface area (Å²) in [5.41, 5.74) is 2.23. The summed E-state index contributed by atoms with van der Waals surface area (Å²) in [6.07, 6.45) is 6.17. The number of nitrogens with zero attached hydrogens (tertiary/aromatic N) is 1. The van der Waals surface area contributed by atoms with Crippen LogP contribution in [0.3, 0.4) is 0 Å². The molecule has 0 spiro atoms. The van der Waals surface area contributed by atoms with Crippen molar-refractivity contribution in [1.29, 1.82) is 0 Å². The Kier molecular flexibility index (Phi) is 14.7. The van der Waals surface area contributed by atoms with Crippen LogP contribution in [0, 0.1) is 13.8 Å². The van der Waals surface area contributed by atoms with Crippen molar-refractivity contribution in [1.82, 2.24) is 15.5 Å². The number of ether oxygens (including phenoxy) is 1. The topological polar surface area (TPSA) is 87.7 Å². The van der Waals surface area contributed by atoms with Gasteiger partial charge < -0.3 is 20.3 Å². The van der Waals surface area contributed by atoms with E-state index in [-0.39, 0.29) is 17.6 Å². The summed E-state index contributed by atoms with van der Waals surface area (Å²) in [5, 5.41) is 5.70. The van der Waals surface area contributed by atoms with E-state index in [9.17, 15) is 14.4 Å². The number of hydrogen-bond donors (Lipinski definition) is 3. The Morgan fingerprint density at radius 1 is 0.973 bits per heavy atom. The lowest BCUT2D eigenvalue weighted by molar-refractivity contribution is -0.142. The molecule has 1 aromatic rings. The van der Waals surface area contributed by atoms with E-state index < -0.39 is 23.8 Å². The summed E-state index contributed by atoms with van der Waals surface area (Å²) < 4.78 is 5.38. The molecule has 0 heterocycles. The highest BCUT2D eigenvalue weighted by Gasteiger charge is 2.35. The first kappa shape index (κ1) is 32.8. The quantitative estimate of drug-likeness (QED) is 0.193. The number of carbonyl (C=O) groups is 3. The molecule has 3 amide bonds. The Morgan fingerprint density at radius 3 is 2.19 bits per heavy atom. The van der Waals surface area contributed by atoms with E-state index in [2.05, 4.69) is 37.1 Å². The van der Waals surface area contributed by atoms with E-state index in [1.54, 1.807) is 25.7 Å². The SMILES string of the molecule is CCCCCCCN(C(=O)C(CS)NC(=O)OC(C)(C)C)C(C(=O)NCCCC)c1ccc(C)c(C)c1. The average Bonchev–Trinajstić information content (AvgIpc) is 2.82. The molecule has 0 aliphatic rings. The molecule has 1 rings (SSSR count). The molecule has 37 heavy (non-hydrogen) atoms. The highest BCUT2D eigenvalue weighted by atomic mass is 32.1. The summed E-state index contributed by atoms with van der Waals surface area (Å²) in [6.45, 7) is 14.5. The van der Waals surface area contributed by atoms with Crippen molar-refractivity contribution < 1.29 is 19.1 Å². The second kappa shape index (κ2) is 16.6. The first-order valence-electron chi connectivity index (χ1n) is 13.7. The average molecular weight is 536 g/mol. The number of thiol groups is 1. The van der Waals surface area contributed by atoms with E-state index in [0.717, 1.165) is 61.6 Å². The maximum Gasteiger partial charge on any atom is 0.408 e. The number of amides is 3. The number of benzene rings is 1. The monoisotopic (exact) mass is 535 g/mol. The van der Waals surface area contributed by atoms with E-state index in [0.29, 0.717) is 13.1 Å². The predicted molar refractivity (Wildman–Crippen MR) is 154 cm³/mol. The fourth-order valence-corrected chi connectivity index (χ4v) is 4.23. The minimum absolute atomic E-state index is 0.0848. The Hall–Kier alpha value is -2.22. The van der Waals surface area contributed by atoms with Gasteiger partial charge in [0.05, 0.1) is 0 Å². The van der Waals surface area contributed by atoms with Crippen molar-refractivity contribution in [3.63, 3.8) is 0 Å². The van der Waals surface area contributed by atoms with Crippen molar-refractivity contribution in [2.24, 2.45) is 0 Å². The van der Waals surface area contributed by atoms with Gasteiger partial charge in [0.15, 0.2) is 0 Å². The summed E-state index contributed by atoms with van der Waals surface area (Å²) in [5.74, 6) is -0.472. The maximum absolute atomic E-state index is 13.9. The summed E-state index contributed by atoms with van der Waals surface area (Å²) in [6, 6.07) is 4.15. The Labute approximate surface area is 229 Å². The number of alkyl carbamates (subject to hydrolysis) is 1. The molecule has 210 valence electrons. The first-order chi connectivity index (χ1) is 17.4. The number of nitrogens with one attached hydrogen (secondary N) is 2. The van der Waals surface area contributed by atoms with Crippen LogP contribution < -0.4 is 10.6 Å². The zero-order valence-electron chi connectivity index (χ0n) is 24.0. The van der Waals surface area contributed by atoms with E-state index >= 15 is 0 Å². The molecule has 0 bridgehead atoms. The largest absolute Gasteiger partial charge is 0.444 e. The fourth-order valence-electron chi connectivity index (χ4n) is 3.98. The maximum atomic E-state index is 13.9. The van der Waals surface area contributed by atoms with Gasteiger partial charge in [-0.05, 0) is 64.2 Å². The van der Waals surface area contributed by atoms with Crippen LogP contribution in [0.15, 0.2) is 18.2 Å². The van der Waals surface area contributed by atoms with Gasteiger partial charge in [-0.3, -0.25) is 9.59 Å². The second-order valence-corrected chi connectivity index (χ2v) is 11.1. The van der Waals surface area contributed by atoms with Gasteiger partial charge in [-0.1, -0.05) is 64.2 Å². The van der Waals surface area contributed by atoms with Gasteiger partial charge in [-0.15, -0.1) is 0 Å². The number of unbranched alkanes of at least 4 members (excludes halogenated alkanes) is 5. The molecule has 2 N–H and O–H groups in total. The third-order valence-electron chi connectivity index (χ3n) is 6.19. The number of carbonyl (C=O) groups excluding carboxylic acids is 3. The molecule has 0 radical (unpaired) electrons. The van der Waals surface area contributed by atoms with Gasteiger partial charge in [0.1, 0.15) is 17.7 Å². The molecule has 0 saturated carbocycles. The molecule has 0 aliphatic heterocycles. The van der Waals surface area contributed by atoms with Crippen LogP contribution in [-0.2, 0) is 14.3 Å². The third-order valence-corrected chi connectivity index (χ3v) is 6.56. The smallest absolute Gasteiger partial charge is 0.408 e. The summed E-state index contributed by atoms with van der Waals surface area (Å²) >= 11 is 4.36. The second-order valence-electron chi connectivity index (χ2n) is 10.7. The minimum Gasteiger partial charge on any atom is -0.444 e. The van der Waals surface area contributed by atoms with E-state index in [4.69, 9.17) is 4.74 Å². The molecule has 7 nitrogen and oxygen atoms in total. The number of hydrogen-bond acceptors (Lipinski definition) is 5. The Balaban J connectivity index is 3.37. The Morgan fingerprint density at radius 2 is 1.62 bits per heavy atom. The highest BCUT2D eigenvalue weighted by Crippen LogP contribution is 2.26. The predicted octanol–water partition coefficient (Wildman–Crippen LogP) is 5.88. The molecule has 1 aromatic carbocycles. The molecule has 2 atom stereocenters. The highest BCUT2D eigenvalue weighted by molar-refractivity contribution is 7.80. The minimum atomic E-state index is -0.925. The van der Waals surface area contributed by atoms with Gasteiger partial charge in [-0.25, -0.2) is 4.79 Å². The molecule has 2 unspecified atom stereocenters. The molecule has 0 aromatic heterocycles. The zero-order valence-corrected chi connectivity index (χ0v) is 24.9. The molecule has 0 saturated heterocycles. The first-order valence-corrected chi connectivity index (χ1v) is 14.3. The van der Waals surface area contributed by atoms with Crippen molar-refractivity contribution in [3.8, 4) is 0 Å².